The third-order valence-electron chi connectivity index (χ3n) is 5.73. The van der Waals surface area contributed by atoms with Gasteiger partial charge in [0.1, 0.15) is 5.75 Å². The van der Waals surface area contributed by atoms with Crippen molar-refractivity contribution in [3.05, 3.63) is 82.1 Å². The van der Waals surface area contributed by atoms with Gasteiger partial charge in [0.2, 0.25) is 5.95 Å². The summed E-state index contributed by atoms with van der Waals surface area (Å²) in [4.78, 5) is 23.1. The number of aryl methyl sites for hydroxylation is 2. The SMILES string of the molecule is CCOc1ccc(CCc2nc(N3CCC[C@H]3c3ccc(Cl)cc3)ncc2C(=O)O)cc1. The molecule has 2 heterocycles. The molecule has 166 valence electrons. The van der Waals surface area contributed by atoms with E-state index in [4.69, 9.17) is 21.3 Å². The highest BCUT2D eigenvalue weighted by Crippen LogP contribution is 2.35. The molecule has 0 saturated carbocycles. The summed E-state index contributed by atoms with van der Waals surface area (Å²) >= 11 is 6.05. The van der Waals surface area contributed by atoms with Crippen molar-refractivity contribution in [3.63, 3.8) is 0 Å². The Balaban J connectivity index is 1.56. The summed E-state index contributed by atoms with van der Waals surface area (Å²) in [5.74, 6) is 0.400. The van der Waals surface area contributed by atoms with E-state index < -0.39 is 5.97 Å². The number of ether oxygens (including phenoxy) is 1. The molecule has 1 N–H and O–H groups in total. The van der Waals surface area contributed by atoms with Gasteiger partial charge in [-0.25, -0.2) is 14.8 Å². The van der Waals surface area contributed by atoms with Gasteiger partial charge in [-0.1, -0.05) is 35.9 Å². The van der Waals surface area contributed by atoms with Gasteiger partial charge in [-0.05, 0) is 68.0 Å². The number of aromatic carboxylic acids is 1. The Bertz CT molecular complexity index is 1070. The van der Waals surface area contributed by atoms with Crippen LogP contribution in [0.5, 0.6) is 5.75 Å². The molecule has 0 bridgehead atoms. The lowest BCUT2D eigenvalue weighted by atomic mass is 10.0. The number of carbonyl (C=O) groups is 1. The second-order valence-corrected chi connectivity index (χ2v) is 8.25. The highest BCUT2D eigenvalue weighted by atomic mass is 35.5. The van der Waals surface area contributed by atoms with Crippen LogP contribution in [-0.2, 0) is 12.8 Å². The van der Waals surface area contributed by atoms with E-state index >= 15 is 0 Å². The molecular weight excluding hydrogens is 426 g/mol. The number of rotatable bonds is 8. The fourth-order valence-electron chi connectivity index (χ4n) is 4.13. The number of aromatic nitrogens is 2. The lowest BCUT2D eigenvalue weighted by Gasteiger charge is -2.25. The quantitative estimate of drug-likeness (QED) is 0.497. The third kappa shape index (κ3) is 5.02. The standard InChI is InChI=1S/C25H26ClN3O3/c1-2-32-20-12-5-17(6-13-20)7-14-22-21(24(30)31)16-27-25(28-22)29-15-3-4-23(29)18-8-10-19(26)11-9-18/h5-6,8-13,16,23H,2-4,7,14-15H2,1H3,(H,30,31)/t23-/m0/s1. The number of benzene rings is 2. The average Bonchev–Trinajstić information content (AvgIpc) is 3.29. The average molecular weight is 452 g/mol. The van der Waals surface area contributed by atoms with Crippen LogP contribution in [0.25, 0.3) is 0 Å². The Kier molecular flexibility index (Phi) is 6.90. The number of halogens is 1. The molecule has 1 aromatic heterocycles. The molecule has 1 aliphatic rings. The van der Waals surface area contributed by atoms with Crippen molar-refractivity contribution in [2.24, 2.45) is 0 Å². The van der Waals surface area contributed by atoms with Crippen LogP contribution in [0.1, 0.15) is 53.0 Å². The first-order valence-corrected chi connectivity index (χ1v) is 11.3. The summed E-state index contributed by atoms with van der Waals surface area (Å²) in [5, 5.41) is 10.4. The molecule has 32 heavy (non-hydrogen) atoms. The van der Waals surface area contributed by atoms with Gasteiger partial charge in [0.15, 0.2) is 0 Å². The first-order chi connectivity index (χ1) is 15.5. The maximum Gasteiger partial charge on any atom is 0.339 e. The summed E-state index contributed by atoms with van der Waals surface area (Å²) < 4.78 is 5.49. The number of hydrogen-bond donors (Lipinski definition) is 1. The van der Waals surface area contributed by atoms with Gasteiger partial charge in [-0.2, -0.15) is 0 Å². The normalized spacial score (nSPS) is 15.7. The molecule has 0 radical (unpaired) electrons. The number of anilines is 1. The van der Waals surface area contributed by atoms with Gasteiger partial charge in [-0.3, -0.25) is 0 Å². The molecule has 1 saturated heterocycles. The summed E-state index contributed by atoms with van der Waals surface area (Å²) in [6.45, 7) is 3.41. The van der Waals surface area contributed by atoms with Crippen LogP contribution in [0.15, 0.2) is 54.7 Å². The maximum absolute atomic E-state index is 11.8. The molecule has 0 amide bonds. The molecule has 1 fully saturated rings. The molecule has 1 aliphatic heterocycles. The molecule has 6 nitrogen and oxygen atoms in total. The predicted molar refractivity (Wildman–Crippen MR) is 125 cm³/mol. The van der Waals surface area contributed by atoms with E-state index in [1.54, 1.807) is 0 Å². The van der Waals surface area contributed by atoms with Crippen LogP contribution in [0.4, 0.5) is 5.95 Å². The number of hydrogen-bond acceptors (Lipinski definition) is 5. The third-order valence-corrected chi connectivity index (χ3v) is 5.99. The summed E-state index contributed by atoms with van der Waals surface area (Å²) in [6, 6.07) is 15.9. The van der Waals surface area contributed by atoms with Crippen LogP contribution in [0.3, 0.4) is 0 Å². The zero-order valence-corrected chi connectivity index (χ0v) is 18.8. The van der Waals surface area contributed by atoms with Crippen LogP contribution >= 0.6 is 11.6 Å². The van der Waals surface area contributed by atoms with E-state index in [1.807, 2.05) is 55.5 Å². The zero-order valence-electron chi connectivity index (χ0n) is 18.0. The minimum Gasteiger partial charge on any atom is -0.494 e. The summed E-state index contributed by atoms with van der Waals surface area (Å²) in [5.41, 5.74) is 2.97. The van der Waals surface area contributed by atoms with Gasteiger partial charge in [0.25, 0.3) is 0 Å². The van der Waals surface area contributed by atoms with Crippen molar-refractivity contribution in [2.75, 3.05) is 18.1 Å². The van der Waals surface area contributed by atoms with Crippen molar-refractivity contribution >= 4 is 23.5 Å². The molecule has 0 unspecified atom stereocenters. The van der Waals surface area contributed by atoms with E-state index in [9.17, 15) is 9.90 Å². The maximum atomic E-state index is 11.8. The van der Waals surface area contributed by atoms with Gasteiger partial charge >= 0.3 is 5.97 Å². The lowest BCUT2D eigenvalue weighted by Crippen LogP contribution is -2.25. The molecule has 4 rings (SSSR count). The van der Waals surface area contributed by atoms with Gasteiger partial charge < -0.3 is 14.7 Å². The molecule has 0 aliphatic carbocycles. The van der Waals surface area contributed by atoms with Gasteiger partial charge in [0, 0.05) is 17.8 Å². The monoisotopic (exact) mass is 451 g/mol. The first-order valence-electron chi connectivity index (χ1n) is 10.9. The van der Waals surface area contributed by atoms with Crippen LogP contribution < -0.4 is 9.64 Å². The second kappa shape index (κ2) is 10.0. The van der Waals surface area contributed by atoms with Crippen molar-refractivity contribution < 1.29 is 14.6 Å². The van der Waals surface area contributed by atoms with E-state index in [0.717, 1.165) is 36.3 Å². The van der Waals surface area contributed by atoms with Crippen molar-refractivity contribution in [3.8, 4) is 5.75 Å². The molecular formula is C25H26ClN3O3. The number of carboxylic acids is 1. The lowest BCUT2D eigenvalue weighted by molar-refractivity contribution is 0.0694. The topological polar surface area (TPSA) is 75.5 Å². The minimum absolute atomic E-state index is 0.155. The number of carboxylic acid groups (broad SMARTS) is 1. The Hall–Kier alpha value is -3.12. The molecule has 1 atom stereocenters. The predicted octanol–water partition coefficient (Wildman–Crippen LogP) is 5.35. The highest BCUT2D eigenvalue weighted by molar-refractivity contribution is 6.30. The molecule has 7 heteroatoms. The van der Waals surface area contributed by atoms with E-state index in [0.29, 0.717) is 36.1 Å². The molecule has 0 spiro atoms. The molecule has 2 aromatic carbocycles. The largest absolute Gasteiger partial charge is 0.494 e. The van der Waals surface area contributed by atoms with Gasteiger partial charge in [-0.15, -0.1) is 0 Å². The van der Waals surface area contributed by atoms with Crippen molar-refractivity contribution in [1.82, 2.24) is 9.97 Å². The van der Waals surface area contributed by atoms with Crippen LogP contribution in [-0.4, -0.2) is 34.2 Å². The zero-order chi connectivity index (χ0) is 22.5. The minimum atomic E-state index is -1.01. The first kappa shape index (κ1) is 22.1. The van der Waals surface area contributed by atoms with Crippen molar-refractivity contribution in [2.45, 2.75) is 38.6 Å². The Morgan fingerprint density at radius 1 is 1.16 bits per heavy atom. The van der Waals surface area contributed by atoms with Gasteiger partial charge in [0.05, 0.1) is 23.9 Å². The summed E-state index contributed by atoms with van der Waals surface area (Å²) in [6.07, 6.45) is 4.66. The van der Waals surface area contributed by atoms with E-state index in [1.165, 1.54) is 6.20 Å². The molecule has 3 aromatic rings. The van der Waals surface area contributed by atoms with Crippen molar-refractivity contribution in [1.29, 1.82) is 0 Å². The Morgan fingerprint density at radius 3 is 2.59 bits per heavy atom. The fourth-order valence-corrected chi connectivity index (χ4v) is 4.26. The fraction of sp³-hybridized carbons (Fsp3) is 0.320. The smallest absolute Gasteiger partial charge is 0.339 e. The Morgan fingerprint density at radius 2 is 1.91 bits per heavy atom. The van der Waals surface area contributed by atoms with E-state index in [2.05, 4.69) is 9.88 Å². The van der Waals surface area contributed by atoms with E-state index in [-0.39, 0.29) is 11.6 Å². The second-order valence-electron chi connectivity index (χ2n) is 7.82. The van der Waals surface area contributed by atoms with Crippen LogP contribution in [0.2, 0.25) is 5.02 Å². The highest BCUT2D eigenvalue weighted by Gasteiger charge is 2.29. The van der Waals surface area contributed by atoms with Crippen LogP contribution in [0, 0.1) is 0 Å². The summed E-state index contributed by atoms with van der Waals surface area (Å²) in [7, 11) is 0. The Labute approximate surface area is 192 Å². The number of nitrogens with zero attached hydrogens (tertiary/aromatic N) is 3.